The van der Waals surface area contributed by atoms with Crippen LogP contribution in [-0.4, -0.2) is 27.0 Å². The summed E-state index contributed by atoms with van der Waals surface area (Å²) < 4.78 is 2.08. The molecule has 0 bridgehead atoms. The van der Waals surface area contributed by atoms with Gasteiger partial charge in [-0.3, -0.25) is 4.68 Å². The molecule has 0 atom stereocenters. The maximum Gasteiger partial charge on any atom is 0.0771 e. The summed E-state index contributed by atoms with van der Waals surface area (Å²) >= 11 is 0. The van der Waals surface area contributed by atoms with Gasteiger partial charge in [-0.2, -0.15) is 5.10 Å². The molecule has 2 rings (SSSR count). The molecule has 0 aliphatic heterocycles. The summed E-state index contributed by atoms with van der Waals surface area (Å²) in [5, 5.41) is 18.7. The molecule has 0 amide bonds. The molecule has 21 heavy (non-hydrogen) atoms. The van der Waals surface area contributed by atoms with Crippen LogP contribution in [0.1, 0.15) is 76.9 Å². The summed E-state index contributed by atoms with van der Waals surface area (Å²) in [5.74, 6) is 0. The molecule has 0 aromatic carbocycles. The lowest BCUT2D eigenvalue weighted by Gasteiger charge is -2.26. The highest BCUT2D eigenvalue weighted by Crippen LogP contribution is 2.26. The van der Waals surface area contributed by atoms with Gasteiger partial charge in [-0.25, -0.2) is 0 Å². The lowest BCUT2D eigenvalue weighted by atomic mass is 9.94. The summed E-state index contributed by atoms with van der Waals surface area (Å²) in [6.45, 7) is 5.84. The molecule has 4 heteroatoms. The fraction of sp³-hybridized carbons (Fsp3) is 0.824. The fourth-order valence-corrected chi connectivity index (χ4v) is 3.32. The van der Waals surface area contributed by atoms with Crippen LogP contribution >= 0.6 is 0 Å². The third-order valence-electron chi connectivity index (χ3n) is 4.77. The van der Waals surface area contributed by atoms with Crippen LogP contribution in [0.3, 0.4) is 0 Å². The number of nitrogens with zero attached hydrogens (tertiary/aromatic N) is 2. The Balaban J connectivity index is 1.80. The van der Waals surface area contributed by atoms with Gasteiger partial charge in [-0.15, -0.1) is 0 Å². The van der Waals surface area contributed by atoms with E-state index < -0.39 is 5.60 Å². The van der Waals surface area contributed by atoms with Crippen molar-refractivity contribution in [2.45, 2.75) is 83.4 Å². The quantitative estimate of drug-likeness (QED) is 0.757. The maximum absolute atomic E-state index is 10.6. The Morgan fingerprint density at radius 1 is 1.24 bits per heavy atom. The van der Waals surface area contributed by atoms with Crippen molar-refractivity contribution in [3.63, 3.8) is 0 Å². The Morgan fingerprint density at radius 3 is 2.52 bits per heavy atom. The van der Waals surface area contributed by atoms with Crippen LogP contribution in [0.5, 0.6) is 0 Å². The second kappa shape index (κ2) is 7.95. The van der Waals surface area contributed by atoms with Crippen molar-refractivity contribution in [2.24, 2.45) is 0 Å². The molecule has 120 valence electrons. The van der Waals surface area contributed by atoms with Crippen LogP contribution in [-0.2, 0) is 6.54 Å². The Hall–Kier alpha value is -0.870. The molecule has 1 aliphatic rings. The fourth-order valence-electron chi connectivity index (χ4n) is 3.32. The predicted molar refractivity (Wildman–Crippen MR) is 86.2 cm³/mol. The van der Waals surface area contributed by atoms with Gasteiger partial charge in [0.05, 0.1) is 17.3 Å². The van der Waals surface area contributed by atoms with Gasteiger partial charge in [0.15, 0.2) is 0 Å². The second-order valence-corrected chi connectivity index (χ2v) is 6.50. The zero-order valence-corrected chi connectivity index (χ0v) is 13.6. The topological polar surface area (TPSA) is 50.1 Å². The Bertz CT molecular complexity index is 404. The van der Waals surface area contributed by atoms with E-state index in [-0.39, 0.29) is 0 Å². The minimum absolute atomic E-state index is 0.504. The first-order valence-corrected chi connectivity index (χ1v) is 8.64. The summed E-state index contributed by atoms with van der Waals surface area (Å²) in [6.07, 6.45) is 11.0. The lowest BCUT2D eigenvalue weighted by molar-refractivity contribution is 0.0249. The Kier molecular flexibility index (Phi) is 6.24. The molecule has 0 radical (unpaired) electrons. The van der Waals surface area contributed by atoms with E-state index in [0.717, 1.165) is 50.8 Å². The minimum atomic E-state index is -0.506. The first-order chi connectivity index (χ1) is 10.2. The van der Waals surface area contributed by atoms with Crippen molar-refractivity contribution < 1.29 is 5.11 Å². The van der Waals surface area contributed by atoms with E-state index in [1.165, 1.54) is 12.8 Å². The molecule has 0 spiro atoms. The molecule has 1 aliphatic carbocycles. The number of aliphatic hydroxyl groups is 1. The third kappa shape index (κ3) is 4.82. The highest BCUT2D eigenvalue weighted by atomic mass is 16.3. The van der Waals surface area contributed by atoms with Gasteiger partial charge in [0.2, 0.25) is 0 Å². The van der Waals surface area contributed by atoms with Crippen molar-refractivity contribution in [3.05, 3.63) is 18.0 Å². The summed E-state index contributed by atoms with van der Waals surface area (Å²) in [6, 6.07) is 2.59. The minimum Gasteiger partial charge on any atom is -0.389 e. The molecule has 0 unspecified atom stereocenters. The molecule has 1 aromatic heterocycles. The van der Waals surface area contributed by atoms with Crippen molar-refractivity contribution in [1.29, 1.82) is 0 Å². The summed E-state index contributed by atoms with van der Waals surface area (Å²) in [4.78, 5) is 0. The summed E-state index contributed by atoms with van der Waals surface area (Å²) in [7, 11) is 0. The van der Waals surface area contributed by atoms with Gasteiger partial charge < -0.3 is 10.4 Å². The lowest BCUT2D eigenvalue weighted by Crippen LogP contribution is -2.40. The van der Waals surface area contributed by atoms with Crippen LogP contribution in [0.2, 0.25) is 0 Å². The van der Waals surface area contributed by atoms with E-state index in [1.54, 1.807) is 0 Å². The second-order valence-electron chi connectivity index (χ2n) is 6.50. The van der Waals surface area contributed by atoms with Crippen molar-refractivity contribution in [2.75, 3.05) is 6.54 Å². The molecule has 2 N–H and O–H groups in total. The van der Waals surface area contributed by atoms with Crippen LogP contribution in [0.4, 0.5) is 0 Å². The number of hydrogen-bond acceptors (Lipinski definition) is 3. The maximum atomic E-state index is 10.6. The van der Waals surface area contributed by atoms with E-state index in [0.29, 0.717) is 12.6 Å². The normalized spacial score (nSPS) is 18.9. The standard InChI is InChI=1S/C17H31N3O/c1-3-16(4-2)20-12-9-15(19-20)13-18-14-17(21)10-7-5-6-8-11-17/h9,12,16,18,21H,3-8,10-11,13-14H2,1-2H3. The first kappa shape index (κ1) is 16.5. The van der Waals surface area contributed by atoms with Gasteiger partial charge in [0, 0.05) is 19.3 Å². The molecule has 0 saturated heterocycles. The monoisotopic (exact) mass is 293 g/mol. The Morgan fingerprint density at radius 2 is 1.90 bits per heavy atom. The first-order valence-electron chi connectivity index (χ1n) is 8.64. The van der Waals surface area contributed by atoms with Crippen molar-refractivity contribution >= 4 is 0 Å². The van der Waals surface area contributed by atoms with Gasteiger partial charge in [-0.1, -0.05) is 39.5 Å². The molecule has 1 saturated carbocycles. The smallest absolute Gasteiger partial charge is 0.0771 e. The number of nitrogens with one attached hydrogen (secondary N) is 1. The van der Waals surface area contributed by atoms with Gasteiger partial charge in [-0.05, 0) is 31.7 Å². The Labute approximate surface area is 128 Å². The number of aromatic nitrogens is 2. The largest absolute Gasteiger partial charge is 0.389 e. The van der Waals surface area contributed by atoms with Gasteiger partial charge >= 0.3 is 0 Å². The van der Waals surface area contributed by atoms with Crippen molar-refractivity contribution in [3.8, 4) is 0 Å². The molecule has 1 heterocycles. The highest BCUT2D eigenvalue weighted by Gasteiger charge is 2.27. The van der Waals surface area contributed by atoms with Crippen LogP contribution in [0, 0.1) is 0 Å². The molecular weight excluding hydrogens is 262 g/mol. The number of hydrogen-bond donors (Lipinski definition) is 2. The van der Waals surface area contributed by atoms with E-state index in [9.17, 15) is 5.11 Å². The van der Waals surface area contributed by atoms with E-state index in [4.69, 9.17) is 0 Å². The zero-order valence-electron chi connectivity index (χ0n) is 13.6. The van der Waals surface area contributed by atoms with Gasteiger partial charge in [0.25, 0.3) is 0 Å². The third-order valence-corrected chi connectivity index (χ3v) is 4.77. The highest BCUT2D eigenvalue weighted by molar-refractivity contribution is 5.00. The average Bonchev–Trinajstić information content (AvgIpc) is 2.82. The van der Waals surface area contributed by atoms with Crippen molar-refractivity contribution in [1.82, 2.24) is 15.1 Å². The average molecular weight is 293 g/mol. The van der Waals surface area contributed by atoms with E-state index in [2.05, 4.69) is 41.2 Å². The predicted octanol–water partition coefficient (Wildman–Crippen LogP) is 3.42. The van der Waals surface area contributed by atoms with Crippen LogP contribution in [0.15, 0.2) is 12.3 Å². The zero-order chi connectivity index (χ0) is 15.1. The van der Waals surface area contributed by atoms with Crippen LogP contribution in [0.25, 0.3) is 0 Å². The van der Waals surface area contributed by atoms with Gasteiger partial charge in [0.1, 0.15) is 0 Å². The van der Waals surface area contributed by atoms with E-state index >= 15 is 0 Å². The number of rotatable bonds is 7. The summed E-state index contributed by atoms with van der Waals surface area (Å²) in [5.41, 5.74) is 0.563. The van der Waals surface area contributed by atoms with E-state index in [1.807, 2.05) is 0 Å². The molecule has 1 fully saturated rings. The molecule has 4 nitrogen and oxygen atoms in total. The SMILES string of the molecule is CCC(CC)n1ccc(CNCC2(O)CCCCCC2)n1. The van der Waals surface area contributed by atoms with Crippen LogP contribution < -0.4 is 5.32 Å². The molecule has 1 aromatic rings. The molecular formula is C17H31N3O.